The first kappa shape index (κ1) is 18.8. The summed E-state index contributed by atoms with van der Waals surface area (Å²) in [5, 5.41) is 10.9. The number of carbonyl (C=O) groups excluding carboxylic acids is 1. The Labute approximate surface area is 157 Å². The summed E-state index contributed by atoms with van der Waals surface area (Å²) in [5.41, 5.74) is 0.540. The highest BCUT2D eigenvalue weighted by molar-refractivity contribution is 5.78. The smallest absolute Gasteiger partial charge is 0.410 e. The molecule has 1 aromatic heterocycles. The molecule has 1 aliphatic rings. The number of nitrogens with zero attached hydrogens (tertiary/aromatic N) is 5. The summed E-state index contributed by atoms with van der Waals surface area (Å²) < 4.78 is 5.46. The molecule has 0 radical (unpaired) electrons. The standard InChI is InChI=1S/C18H23N5O4/c1-12-11-21(7-8-22(12)17(24)27-18(2,3)4)16-10-19-15-9-13(23(25)26)5-6-14(15)20-16/h5-6,9-10,12H,7-8,11H2,1-4H3/t12-/m0/s1. The number of benzene rings is 1. The lowest BCUT2D eigenvalue weighted by Gasteiger charge is -2.40. The van der Waals surface area contributed by atoms with Crippen LogP contribution in [0.2, 0.25) is 0 Å². The average molecular weight is 373 g/mol. The van der Waals surface area contributed by atoms with E-state index in [9.17, 15) is 14.9 Å². The molecule has 0 unspecified atom stereocenters. The van der Waals surface area contributed by atoms with E-state index in [2.05, 4.69) is 14.9 Å². The number of rotatable bonds is 2. The first-order valence-corrected chi connectivity index (χ1v) is 8.80. The van der Waals surface area contributed by atoms with Crippen molar-refractivity contribution in [3.05, 3.63) is 34.5 Å². The monoisotopic (exact) mass is 373 g/mol. The highest BCUT2D eigenvalue weighted by atomic mass is 16.6. The quantitative estimate of drug-likeness (QED) is 0.589. The van der Waals surface area contributed by atoms with E-state index < -0.39 is 10.5 Å². The van der Waals surface area contributed by atoms with Gasteiger partial charge in [-0.2, -0.15) is 0 Å². The summed E-state index contributed by atoms with van der Waals surface area (Å²) in [6.07, 6.45) is 1.30. The fraction of sp³-hybridized carbons (Fsp3) is 0.500. The number of amides is 1. The summed E-state index contributed by atoms with van der Waals surface area (Å²) in [7, 11) is 0. The van der Waals surface area contributed by atoms with Gasteiger partial charge in [-0.25, -0.2) is 9.78 Å². The fourth-order valence-electron chi connectivity index (χ4n) is 3.01. The van der Waals surface area contributed by atoms with Crippen LogP contribution in [0, 0.1) is 10.1 Å². The van der Waals surface area contributed by atoms with Crippen molar-refractivity contribution in [2.24, 2.45) is 0 Å². The van der Waals surface area contributed by atoms with Crippen molar-refractivity contribution in [1.29, 1.82) is 0 Å². The number of nitro benzene ring substituents is 1. The van der Waals surface area contributed by atoms with E-state index in [1.54, 1.807) is 17.2 Å². The molecule has 0 bridgehead atoms. The van der Waals surface area contributed by atoms with Gasteiger partial charge in [0.2, 0.25) is 0 Å². The molecule has 0 spiro atoms. The Morgan fingerprint density at radius 2 is 2.04 bits per heavy atom. The zero-order valence-corrected chi connectivity index (χ0v) is 15.9. The van der Waals surface area contributed by atoms with Gasteiger partial charge in [0.05, 0.1) is 22.2 Å². The van der Waals surface area contributed by atoms with Crippen LogP contribution in [0.15, 0.2) is 24.4 Å². The molecule has 9 heteroatoms. The van der Waals surface area contributed by atoms with Crippen LogP contribution < -0.4 is 4.90 Å². The van der Waals surface area contributed by atoms with Gasteiger partial charge in [-0.15, -0.1) is 0 Å². The summed E-state index contributed by atoms with van der Waals surface area (Å²) in [6, 6.07) is 4.39. The first-order valence-electron chi connectivity index (χ1n) is 8.80. The predicted molar refractivity (Wildman–Crippen MR) is 101 cm³/mol. The molecular formula is C18H23N5O4. The molecule has 0 saturated carbocycles. The molecule has 3 rings (SSSR count). The van der Waals surface area contributed by atoms with Crippen molar-refractivity contribution in [1.82, 2.24) is 14.9 Å². The van der Waals surface area contributed by atoms with Gasteiger partial charge in [0.1, 0.15) is 11.4 Å². The Kier molecular flexibility index (Phi) is 4.86. The van der Waals surface area contributed by atoms with Crippen molar-refractivity contribution < 1.29 is 14.5 Å². The molecule has 1 aromatic carbocycles. The second-order valence-electron chi connectivity index (χ2n) is 7.63. The minimum Gasteiger partial charge on any atom is -0.444 e. The van der Waals surface area contributed by atoms with Crippen molar-refractivity contribution in [2.45, 2.75) is 39.3 Å². The Morgan fingerprint density at radius 3 is 2.67 bits per heavy atom. The minimum atomic E-state index is -0.527. The summed E-state index contributed by atoms with van der Waals surface area (Å²) in [4.78, 5) is 35.4. The summed E-state index contributed by atoms with van der Waals surface area (Å²) >= 11 is 0. The van der Waals surface area contributed by atoms with Crippen molar-refractivity contribution in [3.63, 3.8) is 0 Å². The molecule has 1 aliphatic heterocycles. The SMILES string of the molecule is C[C@H]1CN(c2cnc3cc([N+](=O)[O-])ccc3n2)CCN1C(=O)OC(C)(C)C. The molecule has 2 aromatic rings. The van der Waals surface area contributed by atoms with Gasteiger partial charge in [-0.1, -0.05) is 0 Å². The molecule has 0 N–H and O–H groups in total. The average Bonchev–Trinajstić information content (AvgIpc) is 2.59. The van der Waals surface area contributed by atoms with Crippen LogP contribution in [-0.4, -0.2) is 57.2 Å². The molecular weight excluding hydrogens is 350 g/mol. The van der Waals surface area contributed by atoms with E-state index in [0.717, 1.165) is 0 Å². The maximum absolute atomic E-state index is 12.3. The molecule has 1 amide bonds. The number of hydrogen-bond donors (Lipinski definition) is 0. The van der Waals surface area contributed by atoms with Crippen LogP contribution in [0.25, 0.3) is 11.0 Å². The van der Waals surface area contributed by atoms with Crippen LogP contribution in [0.3, 0.4) is 0 Å². The predicted octanol–water partition coefficient (Wildman–Crippen LogP) is 2.98. The van der Waals surface area contributed by atoms with E-state index in [-0.39, 0.29) is 17.8 Å². The van der Waals surface area contributed by atoms with Crippen molar-refractivity contribution in [3.8, 4) is 0 Å². The Balaban J connectivity index is 1.74. The van der Waals surface area contributed by atoms with Gasteiger partial charge in [0.25, 0.3) is 5.69 Å². The summed E-state index contributed by atoms with van der Waals surface area (Å²) in [5.74, 6) is 0.687. The van der Waals surface area contributed by atoms with Crippen LogP contribution in [0.4, 0.5) is 16.3 Å². The van der Waals surface area contributed by atoms with Crippen LogP contribution in [-0.2, 0) is 4.74 Å². The molecule has 1 atom stereocenters. The minimum absolute atomic E-state index is 0.0100. The van der Waals surface area contributed by atoms with Gasteiger partial charge in [0, 0.05) is 37.8 Å². The number of non-ortho nitro benzene ring substituents is 1. The van der Waals surface area contributed by atoms with Gasteiger partial charge >= 0.3 is 6.09 Å². The lowest BCUT2D eigenvalue weighted by molar-refractivity contribution is -0.384. The van der Waals surface area contributed by atoms with E-state index in [1.807, 2.05) is 27.7 Å². The maximum atomic E-state index is 12.3. The van der Waals surface area contributed by atoms with Gasteiger partial charge < -0.3 is 14.5 Å². The molecule has 1 fully saturated rings. The van der Waals surface area contributed by atoms with E-state index >= 15 is 0 Å². The topological polar surface area (TPSA) is 102 Å². The third-order valence-corrected chi connectivity index (χ3v) is 4.30. The molecule has 0 aliphatic carbocycles. The van der Waals surface area contributed by atoms with E-state index in [4.69, 9.17) is 4.74 Å². The number of aromatic nitrogens is 2. The van der Waals surface area contributed by atoms with Crippen molar-refractivity contribution >= 4 is 28.6 Å². The van der Waals surface area contributed by atoms with Crippen LogP contribution in [0.5, 0.6) is 0 Å². The first-order chi connectivity index (χ1) is 12.6. The third kappa shape index (κ3) is 4.24. The molecule has 2 heterocycles. The normalized spacial score (nSPS) is 17.9. The molecule has 9 nitrogen and oxygen atoms in total. The lowest BCUT2D eigenvalue weighted by atomic mass is 10.2. The Hall–Kier alpha value is -2.97. The number of hydrogen-bond acceptors (Lipinski definition) is 7. The second kappa shape index (κ2) is 6.98. The molecule has 27 heavy (non-hydrogen) atoms. The molecule has 1 saturated heterocycles. The van der Waals surface area contributed by atoms with Crippen molar-refractivity contribution in [2.75, 3.05) is 24.5 Å². The number of ether oxygens (including phenoxy) is 1. The van der Waals surface area contributed by atoms with Gasteiger partial charge in [-0.05, 0) is 33.8 Å². The number of carbonyl (C=O) groups is 1. The fourth-order valence-corrected chi connectivity index (χ4v) is 3.01. The number of fused-ring (bicyclic) bond motifs is 1. The number of anilines is 1. The zero-order valence-electron chi connectivity index (χ0n) is 15.9. The summed E-state index contributed by atoms with van der Waals surface area (Å²) in [6.45, 7) is 9.25. The van der Waals surface area contributed by atoms with E-state index in [1.165, 1.54) is 12.1 Å². The van der Waals surface area contributed by atoms with Crippen LogP contribution >= 0.6 is 0 Å². The third-order valence-electron chi connectivity index (χ3n) is 4.30. The number of nitro groups is 1. The van der Waals surface area contributed by atoms with Gasteiger partial charge in [0.15, 0.2) is 0 Å². The lowest BCUT2D eigenvalue weighted by Crippen LogP contribution is -2.55. The molecule has 144 valence electrons. The zero-order chi connectivity index (χ0) is 19.8. The van der Waals surface area contributed by atoms with Crippen LogP contribution in [0.1, 0.15) is 27.7 Å². The second-order valence-corrected chi connectivity index (χ2v) is 7.63. The highest BCUT2D eigenvalue weighted by Crippen LogP contribution is 2.23. The Bertz CT molecular complexity index is 880. The van der Waals surface area contributed by atoms with Gasteiger partial charge in [-0.3, -0.25) is 15.1 Å². The largest absolute Gasteiger partial charge is 0.444 e. The maximum Gasteiger partial charge on any atom is 0.410 e. The highest BCUT2D eigenvalue weighted by Gasteiger charge is 2.31. The van der Waals surface area contributed by atoms with E-state index in [0.29, 0.717) is 36.5 Å². The number of piperazine rings is 1. The Morgan fingerprint density at radius 1 is 1.30 bits per heavy atom.